The summed E-state index contributed by atoms with van der Waals surface area (Å²) in [4.78, 5) is 6.54. The zero-order valence-corrected chi connectivity index (χ0v) is 12.6. The van der Waals surface area contributed by atoms with Gasteiger partial charge in [0.2, 0.25) is 0 Å². The number of hydrogen-bond acceptors (Lipinski definition) is 5. The van der Waals surface area contributed by atoms with Gasteiger partial charge in [0.25, 0.3) is 0 Å². The Balaban J connectivity index is 1.68. The van der Waals surface area contributed by atoms with Crippen molar-refractivity contribution < 1.29 is 4.74 Å². The lowest BCUT2D eigenvalue weighted by Gasteiger charge is -2.16. The number of rotatable bonds is 8. The fourth-order valence-electron chi connectivity index (χ4n) is 2.00. The van der Waals surface area contributed by atoms with Crippen LogP contribution in [-0.4, -0.2) is 30.1 Å². The molecule has 0 atom stereocenters. The predicted octanol–water partition coefficient (Wildman–Crippen LogP) is 2.50. The second kappa shape index (κ2) is 7.99. The van der Waals surface area contributed by atoms with Crippen molar-refractivity contribution in [1.29, 1.82) is 0 Å². The lowest BCUT2D eigenvalue weighted by atomic mass is 10.2. The van der Waals surface area contributed by atoms with Gasteiger partial charge in [-0.25, -0.2) is 4.98 Å². The molecular formula is C15H21N3OS. The molecule has 20 heavy (non-hydrogen) atoms. The molecule has 1 aromatic heterocycles. The van der Waals surface area contributed by atoms with Crippen LogP contribution in [0.3, 0.4) is 0 Å². The van der Waals surface area contributed by atoms with Crippen LogP contribution in [0.5, 0.6) is 5.75 Å². The van der Waals surface area contributed by atoms with E-state index in [-0.39, 0.29) is 0 Å². The van der Waals surface area contributed by atoms with E-state index in [4.69, 9.17) is 10.5 Å². The Kier molecular flexibility index (Phi) is 5.98. The van der Waals surface area contributed by atoms with Gasteiger partial charge in [-0.15, -0.1) is 11.3 Å². The van der Waals surface area contributed by atoms with Gasteiger partial charge in [0.05, 0.1) is 17.8 Å². The maximum absolute atomic E-state index is 5.79. The Hall–Kier alpha value is -1.43. The van der Waals surface area contributed by atoms with Crippen LogP contribution in [0.1, 0.15) is 17.7 Å². The summed E-state index contributed by atoms with van der Waals surface area (Å²) in [5, 5.41) is 2.09. The molecule has 2 aromatic rings. The van der Waals surface area contributed by atoms with E-state index in [1.807, 2.05) is 29.8 Å². The molecule has 0 unspecified atom stereocenters. The summed E-state index contributed by atoms with van der Waals surface area (Å²) in [7, 11) is 2.10. The first-order valence-electron chi connectivity index (χ1n) is 6.76. The molecule has 0 fully saturated rings. The summed E-state index contributed by atoms with van der Waals surface area (Å²) in [6.45, 7) is 3.10. The summed E-state index contributed by atoms with van der Waals surface area (Å²) in [6.07, 6.45) is 0.986. The van der Waals surface area contributed by atoms with Crippen LogP contribution in [0, 0.1) is 0 Å². The molecule has 2 rings (SSSR count). The highest BCUT2D eigenvalue weighted by Crippen LogP contribution is 2.17. The van der Waals surface area contributed by atoms with Crippen LogP contribution in [-0.2, 0) is 13.1 Å². The first-order valence-corrected chi connectivity index (χ1v) is 7.70. The van der Waals surface area contributed by atoms with Crippen LogP contribution in [0.15, 0.2) is 35.2 Å². The van der Waals surface area contributed by atoms with Crippen molar-refractivity contribution in [3.63, 3.8) is 0 Å². The van der Waals surface area contributed by atoms with Crippen molar-refractivity contribution in [2.45, 2.75) is 19.5 Å². The van der Waals surface area contributed by atoms with E-state index in [1.165, 1.54) is 0 Å². The van der Waals surface area contributed by atoms with Crippen molar-refractivity contribution in [3.05, 3.63) is 46.4 Å². The largest absolute Gasteiger partial charge is 0.493 e. The minimum absolute atomic E-state index is 0.514. The molecule has 0 aliphatic heterocycles. The topological polar surface area (TPSA) is 51.4 Å². The van der Waals surface area contributed by atoms with Crippen molar-refractivity contribution >= 4 is 11.3 Å². The van der Waals surface area contributed by atoms with Gasteiger partial charge >= 0.3 is 0 Å². The third kappa shape index (κ3) is 4.59. The molecule has 5 heteroatoms. The molecule has 0 saturated carbocycles. The second-order valence-corrected chi connectivity index (χ2v) is 5.45. The Bertz CT molecular complexity index is 502. The zero-order valence-electron chi connectivity index (χ0n) is 11.8. The molecule has 1 aromatic carbocycles. The number of nitrogens with two attached hydrogens (primary N) is 1. The van der Waals surface area contributed by atoms with E-state index in [0.717, 1.165) is 36.5 Å². The van der Waals surface area contributed by atoms with Crippen LogP contribution < -0.4 is 10.5 Å². The molecular weight excluding hydrogens is 270 g/mol. The quantitative estimate of drug-likeness (QED) is 0.759. The minimum atomic E-state index is 0.514. The van der Waals surface area contributed by atoms with Crippen molar-refractivity contribution in [2.75, 3.05) is 20.2 Å². The van der Waals surface area contributed by atoms with Gasteiger partial charge in [0.15, 0.2) is 0 Å². The molecule has 0 saturated heterocycles. The molecule has 0 bridgehead atoms. The zero-order chi connectivity index (χ0) is 14.2. The maximum Gasteiger partial charge on any atom is 0.123 e. The Morgan fingerprint density at radius 1 is 1.35 bits per heavy atom. The maximum atomic E-state index is 5.79. The first kappa shape index (κ1) is 15.0. The lowest BCUT2D eigenvalue weighted by Crippen LogP contribution is -2.21. The number of para-hydroxylation sites is 1. The van der Waals surface area contributed by atoms with Crippen molar-refractivity contribution in [2.24, 2.45) is 5.73 Å². The first-order chi connectivity index (χ1) is 9.79. The summed E-state index contributed by atoms with van der Waals surface area (Å²) >= 11 is 1.64. The molecule has 0 aliphatic rings. The minimum Gasteiger partial charge on any atom is -0.493 e. The molecule has 2 N–H and O–H groups in total. The van der Waals surface area contributed by atoms with E-state index < -0.39 is 0 Å². The van der Waals surface area contributed by atoms with E-state index in [9.17, 15) is 0 Å². The fourth-order valence-corrected chi connectivity index (χ4v) is 2.55. The molecule has 0 aliphatic carbocycles. The highest BCUT2D eigenvalue weighted by atomic mass is 32.1. The van der Waals surface area contributed by atoms with Gasteiger partial charge < -0.3 is 15.4 Å². The SMILES string of the molecule is CN(CCCOc1ccccc1CN)Cc1cscn1. The van der Waals surface area contributed by atoms with Gasteiger partial charge in [-0.05, 0) is 19.5 Å². The van der Waals surface area contributed by atoms with Crippen LogP contribution >= 0.6 is 11.3 Å². The second-order valence-electron chi connectivity index (χ2n) is 4.73. The highest BCUT2D eigenvalue weighted by molar-refractivity contribution is 7.07. The number of aromatic nitrogens is 1. The normalized spacial score (nSPS) is 10.9. The van der Waals surface area contributed by atoms with Gasteiger partial charge in [0.1, 0.15) is 5.75 Å². The van der Waals surface area contributed by atoms with Gasteiger partial charge in [-0.1, -0.05) is 18.2 Å². The third-order valence-electron chi connectivity index (χ3n) is 3.05. The molecule has 1 heterocycles. The van der Waals surface area contributed by atoms with E-state index in [2.05, 4.69) is 22.3 Å². The van der Waals surface area contributed by atoms with E-state index in [1.54, 1.807) is 11.3 Å². The Morgan fingerprint density at radius 3 is 2.95 bits per heavy atom. The Morgan fingerprint density at radius 2 is 2.20 bits per heavy atom. The smallest absolute Gasteiger partial charge is 0.123 e. The van der Waals surface area contributed by atoms with Gasteiger partial charge in [0, 0.05) is 30.6 Å². The average molecular weight is 291 g/mol. The average Bonchev–Trinajstić information content (AvgIpc) is 2.97. The fraction of sp³-hybridized carbons (Fsp3) is 0.400. The summed E-state index contributed by atoms with van der Waals surface area (Å²) in [5.41, 5.74) is 9.75. The van der Waals surface area contributed by atoms with Crippen LogP contribution in [0.2, 0.25) is 0 Å². The van der Waals surface area contributed by atoms with Crippen LogP contribution in [0.4, 0.5) is 0 Å². The number of thiazole rings is 1. The molecule has 0 amide bonds. The van der Waals surface area contributed by atoms with Gasteiger partial charge in [-0.3, -0.25) is 0 Å². The molecule has 4 nitrogen and oxygen atoms in total. The third-order valence-corrected chi connectivity index (χ3v) is 3.68. The van der Waals surface area contributed by atoms with Crippen molar-refractivity contribution in [3.8, 4) is 5.75 Å². The number of ether oxygens (including phenoxy) is 1. The standard InChI is InChI=1S/C15H21N3OS/c1-18(10-14-11-20-12-17-14)7-4-8-19-15-6-3-2-5-13(15)9-16/h2-3,5-6,11-12H,4,7-10,16H2,1H3. The number of nitrogens with zero attached hydrogens (tertiary/aromatic N) is 2. The number of hydrogen-bond donors (Lipinski definition) is 1. The molecule has 0 radical (unpaired) electrons. The molecule has 0 spiro atoms. The summed E-state index contributed by atoms with van der Waals surface area (Å²) < 4.78 is 5.79. The summed E-state index contributed by atoms with van der Waals surface area (Å²) in [5.74, 6) is 0.900. The molecule has 108 valence electrons. The lowest BCUT2D eigenvalue weighted by molar-refractivity contribution is 0.256. The predicted molar refractivity (Wildman–Crippen MR) is 82.9 cm³/mol. The number of benzene rings is 1. The van der Waals surface area contributed by atoms with Crippen molar-refractivity contribution in [1.82, 2.24) is 9.88 Å². The van der Waals surface area contributed by atoms with Crippen LogP contribution in [0.25, 0.3) is 0 Å². The van der Waals surface area contributed by atoms with Gasteiger partial charge in [-0.2, -0.15) is 0 Å². The van der Waals surface area contributed by atoms with E-state index in [0.29, 0.717) is 13.2 Å². The monoisotopic (exact) mass is 291 g/mol. The Labute approximate surface area is 124 Å². The summed E-state index contributed by atoms with van der Waals surface area (Å²) in [6, 6.07) is 7.93. The highest BCUT2D eigenvalue weighted by Gasteiger charge is 2.03. The van der Waals surface area contributed by atoms with E-state index >= 15 is 0 Å².